The molecule has 0 heterocycles. The number of halogens is 3. The van der Waals surface area contributed by atoms with Crippen molar-refractivity contribution in [3.63, 3.8) is 0 Å². The van der Waals surface area contributed by atoms with Crippen molar-refractivity contribution in [1.29, 1.82) is 0 Å². The van der Waals surface area contributed by atoms with Crippen molar-refractivity contribution < 1.29 is 18.3 Å². The van der Waals surface area contributed by atoms with E-state index in [-0.39, 0.29) is 17.2 Å². The highest BCUT2D eigenvalue weighted by molar-refractivity contribution is 6.33. The third-order valence-corrected chi connectivity index (χ3v) is 3.46. The lowest BCUT2D eigenvalue weighted by Crippen LogP contribution is -2.31. The molecule has 0 saturated heterocycles. The minimum atomic E-state index is -2.65. The molecule has 116 valence electrons. The Morgan fingerprint density at radius 1 is 1.14 bits per heavy atom. The zero-order chi connectivity index (χ0) is 16.1. The van der Waals surface area contributed by atoms with Crippen LogP contribution >= 0.6 is 11.6 Å². The summed E-state index contributed by atoms with van der Waals surface area (Å²) in [6.07, 6.45) is -2.75. The van der Waals surface area contributed by atoms with Crippen molar-refractivity contribution in [2.24, 2.45) is 5.73 Å². The van der Waals surface area contributed by atoms with Gasteiger partial charge in [-0.3, -0.25) is 0 Å². The average molecular weight is 326 g/mol. The van der Waals surface area contributed by atoms with E-state index in [1.807, 2.05) is 0 Å². The lowest BCUT2D eigenvalue weighted by Gasteiger charge is -2.13. The van der Waals surface area contributed by atoms with E-state index in [1.54, 1.807) is 42.5 Å². The molecule has 6 heteroatoms. The van der Waals surface area contributed by atoms with Crippen LogP contribution in [-0.4, -0.2) is 18.4 Å². The van der Waals surface area contributed by atoms with Crippen molar-refractivity contribution in [2.75, 3.05) is 0 Å². The Balaban J connectivity index is 2.17. The van der Waals surface area contributed by atoms with Crippen LogP contribution in [0.5, 0.6) is 5.75 Å². The van der Waals surface area contributed by atoms with Crippen LogP contribution in [0.1, 0.15) is 15.9 Å². The Morgan fingerprint density at radius 3 is 2.45 bits per heavy atom. The molecule has 22 heavy (non-hydrogen) atoms. The molecule has 0 aliphatic heterocycles. The molecule has 3 nitrogen and oxygen atoms in total. The summed E-state index contributed by atoms with van der Waals surface area (Å²) >= 11 is 6.11. The van der Waals surface area contributed by atoms with E-state index in [0.717, 1.165) is 0 Å². The molecule has 2 N–H and O–H groups in total. The first kappa shape index (κ1) is 16.4. The topological polar surface area (TPSA) is 52.3 Å². The van der Waals surface area contributed by atoms with Crippen molar-refractivity contribution >= 4 is 17.6 Å². The molecular weight excluding hydrogens is 312 g/mol. The van der Waals surface area contributed by atoms with E-state index < -0.39 is 18.4 Å². The van der Waals surface area contributed by atoms with Gasteiger partial charge in [-0.1, -0.05) is 41.9 Å². The molecule has 0 bridgehead atoms. The molecule has 0 aliphatic carbocycles. The first-order valence-electron chi connectivity index (χ1n) is 6.57. The summed E-state index contributed by atoms with van der Waals surface area (Å²) in [7, 11) is 0. The first-order chi connectivity index (χ1) is 10.5. The van der Waals surface area contributed by atoms with E-state index in [0.29, 0.717) is 11.1 Å². The number of nitrogens with two attached hydrogens (primary N) is 1. The third kappa shape index (κ3) is 4.02. The maximum Gasteiger partial charge on any atom is 0.343 e. The van der Waals surface area contributed by atoms with Crippen molar-refractivity contribution in [1.82, 2.24) is 0 Å². The Bertz CT molecular complexity index is 650. The van der Waals surface area contributed by atoms with E-state index in [2.05, 4.69) is 0 Å². The number of hydrogen-bond acceptors (Lipinski definition) is 3. The van der Waals surface area contributed by atoms with Gasteiger partial charge in [-0.25, -0.2) is 13.6 Å². The molecule has 1 atom stereocenters. The predicted octanol–water partition coefficient (Wildman–Crippen LogP) is 3.69. The normalized spacial score (nSPS) is 12.2. The largest absolute Gasteiger partial charge is 0.421 e. The number of rotatable bonds is 5. The van der Waals surface area contributed by atoms with Gasteiger partial charge in [0.2, 0.25) is 0 Å². The third-order valence-electron chi connectivity index (χ3n) is 3.03. The molecule has 2 rings (SSSR count). The maximum absolute atomic E-state index is 12.5. The van der Waals surface area contributed by atoms with Crippen LogP contribution in [-0.2, 0) is 6.42 Å². The van der Waals surface area contributed by atoms with Gasteiger partial charge in [0.25, 0.3) is 6.43 Å². The van der Waals surface area contributed by atoms with E-state index in [1.165, 1.54) is 6.07 Å². The Hall–Kier alpha value is -1.98. The van der Waals surface area contributed by atoms with Crippen LogP contribution in [0.15, 0.2) is 48.5 Å². The fraction of sp³-hybridized carbons (Fsp3) is 0.188. The number of esters is 1. The fourth-order valence-corrected chi connectivity index (χ4v) is 2.11. The molecule has 0 aromatic heterocycles. The molecule has 2 aromatic rings. The van der Waals surface area contributed by atoms with Crippen LogP contribution in [0.4, 0.5) is 8.78 Å². The van der Waals surface area contributed by atoms with Crippen LogP contribution in [0.2, 0.25) is 5.02 Å². The summed E-state index contributed by atoms with van der Waals surface area (Å²) in [4.78, 5) is 12.0. The van der Waals surface area contributed by atoms with Gasteiger partial charge in [-0.05, 0) is 30.2 Å². The molecule has 1 unspecified atom stereocenters. The van der Waals surface area contributed by atoms with Crippen LogP contribution in [0.25, 0.3) is 0 Å². The van der Waals surface area contributed by atoms with Crippen molar-refractivity contribution in [3.05, 3.63) is 64.7 Å². The highest BCUT2D eigenvalue weighted by Gasteiger charge is 2.19. The average Bonchev–Trinajstić information content (AvgIpc) is 2.51. The number of carbonyl (C=O) groups is 1. The summed E-state index contributed by atoms with van der Waals surface area (Å²) in [5.41, 5.74) is 6.12. The Morgan fingerprint density at radius 2 is 1.82 bits per heavy atom. The fourth-order valence-electron chi connectivity index (χ4n) is 1.87. The van der Waals surface area contributed by atoms with Crippen LogP contribution < -0.4 is 10.5 Å². The van der Waals surface area contributed by atoms with Gasteiger partial charge < -0.3 is 10.5 Å². The second kappa shape index (κ2) is 7.33. The van der Waals surface area contributed by atoms with Gasteiger partial charge in [0.1, 0.15) is 5.75 Å². The lowest BCUT2D eigenvalue weighted by atomic mass is 10.1. The summed E-state index contributed by atoms with van der Waals surface area (Å²) in [6, 6.07) is 11.7. The lowest BCUT2D eigenvalue weighted by molar-refractivity contribution is 0.0734. The highest BCUT2D eigenvalue weighted by Crippen LogP contribution is 2.30. The number of carbonyl (C=O) groups excluding carboxylic acids is 1. The summed E-state index contributed by atoms with van der Waals surface area (Å²) in [6.45, 7) is 0. The standard InChI is InChI=1S/C16H14ClF2NO2/c17-14-11(9-12(20)15(18)19)7-4-8-13(14)22-16(21)10-5-2-1-3-6-10/h1-8,12,15H,9,20H2. The number of hydrogen-bond donors (Lipinski definition) is 1. The molecule has 2 aromatic carbocycles. The number of benzene rings is 2. The predicted molar refractivity (Wildman–Crippen MR) is 80.5 cm³/mol. The van der Waals surface area contributed by atoms with Gasteiger partial charge in [-0.2, -0.15) is 0 Å². The number of ether oxygens (including phenoxy) is 1. The minimum Gasteiger partial charge on any atom is -0.421 e. The first-order valence-corrected chi connectivity index (χ1v) is 6.95. The van der Waals surface area contributed by atoms with Gasteiger partial charge in [0, 0.05) is 0 Å². The second-order valence-corrected chi connectivity index (χ2v) is 5.07. The van der Waals surface area contributed by atoms with Gasteiger partial charge in [0.05, 0.1) is 16.6 Å². The van der Waals surface area contributed by atoms with Crippen LogP contribution in [0.3, 0.4) is 0 Å². The summed E-state index contributed by atoms with van der Waals surface area (Å²) in [5, 5.41) is 0.114. The molecular formula is C16H14ClF2NO2. The molecule has 0 spiro atoms. The maximum atomic E-state index is 12.5. The quantitative estimate of drug-likeness (QED) is 0.673. The zero-order valence-corrected chi connectivity index (χ0v) is 12.3. The monoisotopic (exact) mass is 325 g/mol. The van der Waals surface area contributed by atoms with E-state index >= 15 is 0 Å². The Labute approximate surface area is 131 Å². The minimum absolute atomic E-state index is 0.104. The van der Waals surface area contributed by atoms with E-state index in [9.17, 15) is 13.6 Å². The molecule has 0 fully saturated rings. The second-order valence-electron chi connectivity index (χ2n) is 4.69. The van der Waals surface area contributed by atoms with Crippen LogP contribution in [0, 0.1) is 0 Å². The van der Waals surface area contributed by atoms with E-state index in [4.69, 9.17) is 22.1 Å². The molecule has 0 aliphatic rings. The highest BCUT2D eigenvalue weighted by atomic mass is 35.5. The van der Waals surface area contributed by atoms with Gasteiger partial charge in [-0.15, -0.1) is 0 Å². The Kier molecular flexibility index (Phi) is 5.46. The molecule has 0 saturated carbocycles. The SMILES string of the molecule is NC(Cc1cccc(OC(=O)c2ccccc2)c1Cl)C(F)F. The summed E-state index contributed by atoms with van der Waals surface area (Å²) < 4.78 is 30.3. The number of alkyl halides is 2. The van der Waals surface area contributed by atoms with Crippen molar-refractivity contribution in [2.45, 2.75) is 18.9 Å². The summed E-state index contributed by atoms with van der Waals surface area (Å²) in [5.74, 6) is -0.452. The van der Waals surface area contributed by atoms with Crippen molar-refractivity contribution in [3.8, 4) is 5.75 Å². The zero-order valence-electron chi connectivity index (χ0n) is 11.5. The molecule has 0 radical (unpaired) electrons. The molecule has 0 amide bonds. The van der Waals surface area contributed by atoms with Gasteiger partial charge >= 0.3 is 5.97 Å². The smallest absolute Gasteiger partial charge is 0.343 e. The van der Waals surface area contributed by atoms with Gasteiger partial charge in [0.15, 0.2) is 0 Å².